The van der Waals surface area contributed by atoms with Crippen LogP contribution < -0.4 is 4.90 Å². The Morgan fingerprint density at radius 1 is 0.900 bits per heavy atom. The Bertz CT molecular complexity index is 1680. The molecule has 2 heterocycles. The number of nitrogens with zero attached hydrogens (tertiary/aromatic N) is 3. The first-order valence-electron chi connectivity index (χ1n) is 20.3. The number of esters is 1. The van der Waals surface area contributed by atoms with E-state index in [4.69, 9.17) is 14.7 Å². The summed E-state index contributed by atoms with van der Waals surface area (Å²) in [6.45, 7) is 22.6. The zero-order valence-electron chi connectivity index (χ0n) is 32.4. The fourth-order valence-electron chi connectivity index (χ4n) is 13.7. The van der Waals surface area contributed by atoms with Gasteiger partial charge in [-0.05, 0) is 129 Å². The molecule has 0 bridgehead atoms. The lowest BCUT2D eigenvalue weighted by atomic mass is 9.33. The molecule has 8 rings (SSSR count). The average molecular weight is 678 g/mol. The van der Waals surface area contributed by atoms with Gasteiger partial charge in [0.1, 0.15) is 18.2 Å². The maximum Gasteiger partial charge on any atom is 0.313 e. The Balaban J connectivity index is 1.18. The molecule has 0 radical (unpaired) electrons. The molecule has 0 unspecified atom stereocenters. The van der Waals surface area contributed by atoms with Gasteiger partial charge in [0, 0.05) is 24.1 Å². The molecule has 2 aromatic rings. The first-order valence-corrected chi connectivity index (χ1v) is 20.3. The van der Waals surface area contributed by atoms with Gasteiger partial charge in [-0.1, -0.05) is 90.4 Å². The van der Waals surface area contributed by atoms with E-state index in [-0.39, 0.29) is 33.5 Å². The van der Waals surface area contributed by atoms with Crippen molar-refractivity contribution < 1.29 is 9.53 Å². The lowest BCUT2D eigenvalue weighted by Crippen LogP contribution is -2.65. The molecule has 5 nitrogen and oxygen atoms in total. The molecule has 5 aliphatic carbocycles. The van der Waals surface area contributed by atoms with Crippen LogP contribution in [-0.2, 0) is 28.0 Å². The standard InChI is InChI=1S/C45H63N3O2/c1-29-19-22-45(40(49)50-28-32-15-11-9-12-16-32)24-23-43(7)34(37(45)30(29)2)17-18-36-42(6)27-33-38(41(4,5)35(42)20-21-44(36,43)8)46-31(3)47-39(33)48-25-13-10-14-26-48/h9,11-12,15-17,29-30,35-37H,10,13-14,18-28H2,1-8H3/t29-,30-,35+,36-,37-,42+,43+,44-,45-/m0/s1. The minimum absolute atomic E-state index is 0.00958. The van der Waals surface area contributed by atoms with Crippen molar-refractivity contribution in [1.29, 1.82) is 0 Å². The van der Waals surface area contributed by atoms with Gasteiger partial charge in [0.2, 0.25) is 0 Å². The minimum atomic E-state index is -0.416. The molecule has 270 valence electrons. The Kier molecular flexibility index (Phi) is 8.20. The third kappa shape index (κ3) is 4.79. The number of benzene rings is 1. The number of aromatic nitrogens is 2. The first kappa shape index (κ1) is 34.4. The highest BCUT2D eigenvalue weighted by atomic mass is 16.5. The Morgan fingerprint density at radius 3 is 2.38 bits per heavy atom. The number of rotatable bonds is 4. The maximum atomic E-state index is 14.5. The number of fused-ring (bicyclic) bond motifs is 8. The van der Waals surface area contributed by atoms with E-state index in [0.29, 0.717) is 30.3 Å². The van der Waals surface area contributed by atoms with Crippen LogP contribution in [0, 0.1) is 58.2 Å². The zero-order chi connectivity index (χ0) is 35.3. The van der Waals surface area contributed by atoms with E-state index in [9.17, 15) is 4.79 Å². The summed E-state index contributed by atoms with van der Waals surface area (Å²) in [6.07, 6.45) is 15.3. The smallest absolute Gasteiger partial charge is 0.313 e. The molecule has 5 heteroatoms. The van der Waals surface area contributed by atoms with E-state index in [1.165, 1.54) is 49.2 Å². The Hall–Kier alpha value is -2.69. The van der Waals surface area contributed by atoms with Gasteiger partial charge in [0.05, 0.1) is 11.1 Å². The van der Waals surface area contributed by atoms with Crippen LogP contribution in [0.3, 0.4) is 0 Å². The highest BCUT2D eigenvalue weighted by Gasteiger charge is 2.70. The van der Waals surface area contributed by atoms with Gasteiger partial charge in [-0.3, -0.25) is 4.79 Å². The molecule has 50 heavy (non-hydrogen) atoms. The topological polar surface area (TPSA) is 55.3 Å². The van der Waals surface area contributed by atoms with E-state index >= 15 is 0 Å². The molecule has 0 spiro atoms. The Morgan fingerprint density at radius 2 is 1.64 bits per heavy atom. The number of anilines is 1. The van der Waals surface area contributed by atoms with Crippen LogP contribution in [0.2, 0.25) is 0 Å². The van der Waals surface area contributed by atoms with E-state index < -0.39 is 5.41 Å². The van der Waals surface area contributed by atoms with Gasteiger partial charge in [-0.2, -0.15) is 0 Å². The summed E-state index contributed by atoms with van der Waals surface area (Å²) in [5, 5.41) is 0. The molecule has 1 aromatic heterocycles. The van der Waals surface area contributed by atoms with Gasteiger partial charge in [0.25, 0.3) is 0 Å². The van der Waals surface area contributed by atoms with Crippen molar-refractivity contribution in [3.8, 4) is 0 Å². The van der Waals surface area contributed by atoms with Gasteiger partial charge >= 0.3 is 5.97 Å². The third-order valence-corrected chi connectivity index (χ3v) is 16.7. The molecular formula is C45H63N3O2. The second kappa shape index (κ2) is 11.9. The number of hydrogen-bond donors (Lipinski definition) is 0. The van der Waals surface area contributed by atoms with Crippen molar-refractivity contribution >= 4 is 11.8 Å². The van der Waals surface area contributed by atoms with E-state index in [0.717, 1.165) is 63.0 Å². The second-order valence-corrected chi connectivity index (χ2v) is 19.2. The average Bonchev–Trinajstić information content (AvgIpc) is 3.10. The van der Waals surface area contributed by atoms with Crippen molar-refractivity contribution in [2.24, 2.45) is 51.2 Å². The minimum Gasteiger partial charge on any atom is -0.460 e. The molecule has 0 amide bonds. The van der Waals surface area contributed by atoms with Crippen LogP contribution in [-0.4, -0.2) is 29.0 Å². The summed E-state index contributed by atoms with van der Waals surface area (Å²) >= 11 is 0. The molecule has 9 atom stereocenters. The lowest BCUT2D eigenvalue weighted by molar-refractivity contribution is -0.184. The van der Waals surface area contributed by atoms with E-state index in [1.54, 1.807) is 5.57 Å². The summed E-state index contributed by atoms with van der Waals surface area (Å²) in [7, 11) is 0. The fraction of sp³-hybridized carbons (Fsp3) is 0.711. The lowest BCUT2D eigenvalue weighted by Gasteiger charge is -2.71. The van der Waals surface area contributed by atoms with Crippen LogP contribution in [0.25, 0.3) is 0 Å². The van der Waals surface area contributed by atoms with Gasteiger partial charge in [-0.25, -0.2) is 9.97 Å². The number of allylic oxidation sites excluding steroid dienone is 2. The monoisotopic (exact) mass is 677 g/mol. The zero-order valence-corrected chi connectivity index (χ0v) is 32.4. The largest absolute Gasteiger partial charge is 0.460 e. The number of aryl methyl sites for hydroxylation is 1. The van der Waals surface area contributed by atoms with Crippen LogP contribution >= 0.6 is 0 Å². The van der Waals surface area contributed by atoms with Gasteiger partial charge in [0.15, 0.2) is 0 Å². The van der Waals surface area contributed by atoms with Crippen molar-refractivity contribution in [2.75, 3.05) is 18.0 Å². The quantitative estimate of drug-likeness (QED) is 0.238. The van der Waals surface area contributed by atoms with Crippen molar-refractivity contribution in [3.05, 3.63) is 64.6 Å². The van der Waals surface area contributed by atoms with E-state index in [1.807, 2.05) is 18.2 Å². The van der Waals surface area contributed by atoms with Crippen LogP contribution in [0.15, 0.2) is 42.0 Å². The highest BCUT2D eigenvalue weighted by molar-refractivity contribution is 5.79. The first-order chi connectivity index (χ1) is 23.8. The number of piperidine rings is 1. The number of carbonyl (C=O) groups is 1. The van der Waals surface area contributed by atoms with Crippen molar-refractivity contribution in [3.63, 3.8) is 0 Å². The van der Waals surface area contributed by atoms with Crippen molar-refractivity contribution in [1.82, 2.24) is 9.97 Å². The SMILES string of the molecule is Cc1nc(N2CCCCC2)c2c(n1)C(C)(C)[C@H]1CC[C@@]3(C)[C@@H](CC=C4[C@@H]5[C@@H](C)[C@@H](C)CC[C@]5(C(=O)OCc5ccccc5)CC[C@]43C)[C@]1(C)C2. The molecule has 0 N–H and O–H groups in total. The molecule has 1 aliphatic heterocycles. The van der Waals surface area contributed by atoms with Crippen LogP contribution in [0.5, 0.6) is 0 Å². The molecule has 1 aromatic carbocycles. The summed E-state index contributed by atoms with van der Waals surface area (Å²) in [5.74, 6) is 4.69. The summed E-state index contributed by atoms with van der Waals surface area (Å²) in [6, 6.07) is 10.2. The third-order valence-electron chi connectivity index (χ3n) is 16.7. The van der Waals surface area contributed by atoms with Crippen LogP contribution in [0.1, 0.15) is 135 Å². The van der Waals surface area contributed by atoms with Crippen LogP contribution in [0.4, 0.5) is 5.82 Å². The highest BCUT2D eigenvalue weighted by Crippen LogP contribution is 2.75. The normalized spacial score (nSPS) is 40.3. The fourth-order valence-corrected chi connectivity index (χ4v) is 13.7. The molecule has 6 aliphatic rings. The van der Waals surface area contributed by atoms with Gasteiger partial charge in [-0.15, -0.1) is 0 Å². The predicted octanol–water partition coefficient (Wildman–Crippen LogP) is 10.2. The molecular weight excluding hydrogens is 615 g/mol. The Labute approximate surface area is 302 Å². The molecule has 4 fully saturated rings. The predicted molar refractivity (Wildman–Crippen MR) is 202 cm³/mol. The molecule has 3 saturated carbocycles. The summed E-state index contributed by atoms with van der Waals surface area (Å²) in [5.41, 5.74) is 5.41. The van der Waals surface area contributed by atoms with Crippen molar-refractivity contribution in [2.45, 2.75) is 138 Å². The number of hydrogen-bond acceptors (Lipinski definition) is 5. The van der Waals surface area contributed by atoms with Gasteiger partial charge < -0.3 is 9.64 Å². The van der Waals surface area contributed by atoms with E-state index in [2.05, 4.69) is 78.5 Å². The summed E-state index contributed by atoms with van der Waals surface area (Å²) < 4.78 is 6.29. The maximum absolute atomic E-state index is 14.5. The molecule has 1 saturated heterocycles. The number of carbonyl (C=O) groups excluding carboxylic acids is 1. The number of ether oxygens (including phenoxy) is 1. The second-order valence-electron chi connectivity index (χ2n) is 19.2. The summed E-state index contributed by atoms with van der Waals surface area (Å²) in [4.78, 5) is 27.6.